The Morgan fingerprint density at radius 1 is 0.750 bits per heavy atom. The molecule has 116 valence electrons. The van der Waals surface area contributed by atoms with Crippen LogP contribution in [-0.2, 0) is 0 Å². The summed E-state index contributed by atoms with van der Waals surface area (Å²) in [5, 5.41) is 10.5. The number of hydrogen-bond acceptors (Lipinski definition) is 1. The van der Waals surface area contributed by atoms with Crippen molar-refractivity contribution >= 4 is 5.57 Å². The lowest BCUT2D eigenvalue weighted by atomic mass is 10.0. The van der Waals surface area contributed by atoms with Crippen molar-refractivity contribution in [2.75, 3.05) is 0 Å². The lowest BCUT2D eigenvalue weighted by Gasteiger charge is -2.08. The van der Waals surface area contributed by atoms with Gasteiger partial charge in [0, 0.05) is 11.1 Å². The molecule has 1 unspecified atom stereocenters. The highest BCUT2D eigenvalue weighted by atomic mass is 16.3. The summed E-state index contributed by atoms with van der Waals surface area (Å²) in [6, 6.07) is 29.4. The van der Waals surface area contributed by atoms with E-state index in [1.807, 2.05) is 91.0 Å². The van der Waals surface area contributed by atoms with Crippen molar-refractivity contribution in [3.8, 4) is 11.8 Å². The molecule has 0 amide bonds. The first-order chi connectivity index (χ1) is 11.8. The van der Waals surface area contributed by atoms with E-state index in [1.54, 1.807) is 6.08 Å². The largest absolute Gasteiger partial charge is 0.384 e. The second-order valence-electron chi connectivity index (χ2n) is 5.42. The summed E-state index contributed by atoms with van der Waals surface area (Å²) in [4.78, 5) is 0. The Morgan fingerprint density at radius 2 is 1.29 bits per heavy atom. The lowest BCUT2D eigenvalue weighted by molar-refractivity contribution is 0.229. The maximum atomic E-state index is 10.5. The van der Waals surface area contributed by atoms with E-state index in [0.29, 0.717) is 0 Å². The van der Waals surface area contributed by atoms with Gasteiger partial charge >= 0.3 is 0 Å². The fraction of sp³-hybridized carbons (Fsp3) is 0.0435. The first-order valence-electron chi connectivity index (χ1n) is 7.90. The van der Waals surface area contributed by atoms with Crippen LogP contribution >= 0.6 is 0 Å². The van der Waals surface area contributed by atoms with Gasteiger partial charge in [-0.05, 0) is 29.3 Å². The third kappa shape index (κ3) is 4.23. The van der Waals surface area contributed by atoms with Gasteiger partial charge in [-0.2, -0.15) is 0 Å². The summed E-state index contributed by atoms with van der Waals surface area (Å²) in [6.07, 6.45) is 1.12. The van der Waals surface area contributed by atoms with Gasteiger partial charge in [0.25, 0.3) is 0 Å². The summed E-state index contributed by atoms with van der Waals surface area (Å²) < 4.78 is 0. The Kier molecular flexibility index (Phi) is 5.24. The predicted octanol–water partition coefficient (Wildman–Crippen LogP) is 4.86. The van der Waals surface area contributed by atoms with Crippen LogP contribution in [-0.4, -0.2) is 5.11 Å². The minimum atomic E-state index is -0.688. The molecule has 0 spiro atoms. The molecule has 1 N–H and O–H groups in total. The molecule has 0 aliphatic carbocycles. The molecule has 0 saturated carbocycles. The monoisotopic (exact) mass is 310 g/mol. The van der Waals surface area contributed by atoms with Gasteiger partial charge in [-0.1, -0.05) is 90.7 Å². The second kappa shape index (κ2) is 7.97. The number of rotatable bonds is 3. The summed E-state index contributed by atoms with van der Waals surface area (Å²) in [6.45, 7) is 0. The van der Waals surface area contributed by atoms with Crippen molar-refractivity contribution in [3.05, 3.63) is 114 Å². The first-order valence-corrected chi connectivity index (χ1v) is 7.90. The highest BCUT2D eigenvalue weighted by Gasteiger charge is 2.06. The van der Waals surface area contributed by atoms with Crippen LogP contribution in [0.5, 0.6) is 0 Å². The fourth-order valence-corrected chi connectivity index (χ4v) is 2.39. The maximum Gasteiger partial charge on any atom is 0.0986 e. The van der Waals surface area contributed by atoms with Crippen LogP contribution in [0.4, 0.5) is 0 Å². The van der Waals surface area contributed by atoms with Crippen LogP contribution in [0.3, 0.4) is 0 Å². The van der Waals surface area contributed by atoms with E-state index in [0.717, 1.165) is 22.3 Å². The Balaban J connectivity index is 1.97. The molecule has 0 saturated heterocycles. The molecular weight excluding hydrogens is 292 g/mol. The molecule has 0 aromatic heterocycles. The van der Waals surface area contributed by atoms with Gasteiger partial charge < -0.3 is 5.11 Å². The first kappa shape index (κ1) is 15.8. The highest BCUT2D eigenvalue weighted by molar-refractivity contribution is 5.80. The van der Waals surface area contributed by atoms with E-state index in [-0.39, 0.29) is 0 Å². The van der Waals surface area contributed by atoms with Gasteiger partial charge in [0.05, 0.1) is 6.10 Å². The summed E-state index contributed by atoms with van der Waals surface area (Å²) >= 11 is 0. The molecule has 24 heavy (non-hydrogen) atoms. The summed E-state index contributed by atoms with van der Waals surface area (Å²) in [7, 11) is 0. The van der Waals surface area contributed by atoms with Crippen LogP contribution in [0.2, 0.25) is 0 Å². The van der Waals surface area contributed by atoms with Crippen molar-refractivity contribution < 1.29 is 5.11 Å². The minimum absolute atomic E-state index is 0.688. The van der Waals surface area contributed by atoms with Crippen molar-refractivity contribution in [2.45, 2.75) is 6.10 Å². The minimum Gasteiger partial charge on any atom is -0.384 e. The van der Waals surface area contributed by atoms with Gasteiger partial charge in [0.1, 0.15) is 0 Å². The molecule has 0 bridgehead atoms. The van der Waals surface area contributed by atoms with Crippen LogP contribution in [0.25, 0.3) is 5.57 Å². The van der Waals surface area contributed by atoms with E-state index < -0.39 is 6.10 Å². The highest BCUT2D eigenvalue weighted by Crippen LogP contribution is 2.21. The Bertz CT molecular complexity index is 853. The third-order valence-corrected chi connectivity index (χ3v) is 3.67. The Morgan fingerprint density at radius 3 is 1.92 bits per heavy atom. The zero-order valence-electron chi connectivity index (χ0n) is 13.3. The molecular formula is C23H18O. The Labute approximate surface area is 142 Å². The smallest absolute Gasteiger partial charge is 0.0986 e. The molecule has 3 rings (SSSR count). The van der Waals surface area contributed by atoms with E-state index in [9.17, 15) is 5.11 Å². The van der Waals surface area contributed by atoms with Gasteiger partial charge in [0.2, 0.25) is 0 Å². The number of hydrogen-bond donors (Lipinski definition) is 1. The molecule has 0 heterocycles. The van der Waals surface area contributed by atoms with Crippen LogP contribution in [0.1, 0.15) is 22.8 Å². The van der Waals surface area contributed by atoms with Crippen molar-refractivity contribution in [2.24, 2.45) is 0 Å². The SMILES string of the molecule is OC(/C=C(\C#Cc1ccccc1)c1ccccc1)c1ccccc1. The van der Waals surface area contributed by atoms with Crippen molar-refractivity contribution in [3.63, 3.8) is 0 Å². The zero-order valence-corrected chi connectivity index (χ0v) is 13.3. The topological polar surface area (TPSA) is 20.2 Å². The van der Waals surface area contributed by atoms with E-state index in [2.05, 4.69) is 11.8 Å². The second-order valence-corrected chi connectivity index (χ2v) is 5.42. The number of benzene rings is 3. The van der Waals surface area contributed by atoms with Gasteiger partial charge in [-0.15, -0.1) is 0 Å². The van der Waals surface area contributed by atoms with Crippen LogP contribution in [0, 0.1) is 11.8 Å². The average Bonchev–Trinajstić information content (AvgIpc) is 2.67. The molecule has 0 fully saturated rings. The van der Waals surface area contributed by atoms with Crippen molar-refractivity contribution in [1.82, 2.24) is 0 Å². The average molecular weight is 310 g/mol. The van der Waals surface area contributed by atoms with E-state index in [1.165, 1.54) is 0 Å². The molecule has 0 aliphatic rings. The van der Waals surface area contributed by atoms with Gasteiger partial charge in [-0.3, -0.25) is 0 Å². The number of aliphatic hydroxyl groups excluding tert-OH is 1. The van der Waals surface area contributed by atoms with E-state index >= 15 is 0 Å². The Hall–Kier alpha value is -3.08. The molecule has 1 heteroatoms. The van der Waals surface area contributed by atoms with Gasteiger partial charge in [0.15, 0.2) is 0 Å². The quantitative estimate of drug-likeness (QED) is 0.685. The fourth-order valence-electron chi connectivity index (χ4n) is 2.39. The predicted molar refractivity (Wildman–Crippen MR) is 99.1 cm³/mol. The standard InChI is InChI=1S/C23H18O/c24-23(21-14-8-3-9-15-21)18-22(20-12-6-2-7-13-20)17-16-19-10-4-1-5-11-19/h1-15,18,23-24H/b22-18+. The molecule has 3 aromatic carbocycles. The van der Waals surface area contributed by atoms with Crippen LogP contribution in [0.15, 0.2) is 97.1 Å². The zero-order chi connectivity index (χ0) is 16.6. The molecule has 0 aliphatic heterocycles. The maximum absolute atomic E-state index is 10.5. The van der Waals surface area contributed by atoms with Gasteiger partial charge in [-0.25, -0.2) is 0 Å². The molecule has 1 atom stereocenters. The summed E-state index contributed by atoms with van der Waals surface area (Å²) in [5.41, 5.74) is 3.62. The molecule has 3 aromatic rings. The normalized spacial score (nSPS) is 12.1. The number of allylic oxidation sites excluding steroid dienone is 1. The third-order valence-electron chi connectivity index (χ3n) is 3.67. The number of aliphatic hydroxyl groups is 1. The lowest BCUT2D eigenvalue weighted by Crippen LogP contribution is -1.94. The van der Waals surface area contributed by atoms with Crippen molar-refractivity contribution in [1.29, 1.82) is 0 Å². The van der Waals surface area contributed by atoms with Crippen LogP contribution < -0.4 is 0 Å². The molecule has 1 nitrogen and oxygen atoms in total. The van der Waals surface area contributed by atoms with E-state index in [4.69, 9.17) is 0 Å². The molecule has 0 radical (unpaired) electrons. The summed E-state index contributed by atoms with van der Waals surface area (Å²) in [5.74, 6) is 6.37.